The molecule has 27 heavy (non-hydrogen) atoms. The van der Waals surface area contributed by atoms with E-state index in [9.17, 15) is 0 Å². The molecule has 1 saturated heterocycles. The van der Waals surface area contributed by atoms with Crippen LogP contribution in [0.25, 0.3) is 11.0 Å². The fourth-order valence-electron chi connectivity index (χ4n) is 3.62. The lowest BCUT2D eigenvalue weighted by Crippen LogP contribution is -2.45. The number of para-hydroxylation sites is 3. The third-order valence-corrected chi connectivity index (χ3v) is 5.09. The number of nitrogens with zero attached hydrogens (tertiary/aromatic N) is 3. The van der Waals surface area contributed by atoms with E-state index in [0.29, 0.717) is 13.2 Å². The fraction of sp³-hybridized carbons (Fsp3) is 0.381. The smallest absolute Gasteiger partial charge is 0.356 e. The quantitative estimate of drug-likeness (QED) is 0.648. The van der Waals surface area contributed by atoms with Gasteiger partial charge in [0.2, 0.25) is 0 Å². The largest absolute Gasteiger partial charge is 0.490 e. The van der Waals surface area contributed by atoms with Gasteiger partial charge in [0, 0.05) is 19.6 Å². The van der Waals surface area contributed by atoms with Gasteiger partial charge in [-0.25, -0.2) is 9.13 Å². The first-order valence-corrected chi connectivity index (χ1v) is 9.57. The summed E-state index contributed by atoms with van der Waals surface area (Å²) in [5.41, 5.74) is 8.85. The van der Waals surface area contributed by atoms with Crippen LogP contribution in [0.4, 0.5) is 5.95 Å². The molecule has 0 amide bonds. The molecule has 1 fully saturated rings. The molecule has 3 aromatic rings. The van der Waals surface area contributed by atoms with Gasteiger partial charge in [-0.05, 0) is 24.3 Å². The third-order valence-electron chi connectivity index (χ3n) is 5.09. The van der Waals surface area contributed by atoms with E-state index in [1.807, 2.05) is 30.3 Å². The molecular formula is C21H27N4O2+. The van der Waals surface area contributed by atoms with Crippen molar-refractivity contribution in [1.29, 1.82) is 0 Å². The van der Waals surface area contributed by atoms with E-state index in [-0.39, 0.29) is 0 Å². The van der Waals surface area contributed by atoms with E-state index >= 15 is 0 Å². The lowest BCUT2D eigenvalue weighted by Gasteiger charge is -2.25. The van der Waals surface area contributed by atoms with Gasteiger partial charge in [-0.3, -0.25) is 10.6 Å². The maximum absolute atomic E-state index is 6.54. The molecule has 6 nitrogen and oxygen atoms in total. The van der Waals surface area contributed by atoms with Crippen LogP contribution in [-0.4, -0.2) is 48.9 Å². The second-order valence-corrected chi connectivity index (χ2v) is 6.77. The van der Waals surface area contributed by atoms with Crippen molar-refractivity contribution in [1.82, 2.24) is 9.47 Å². The Bertz CT molecular complexity index is 873. The zero-order valence-electron chi connectivity index (χ0n) is 15.6. The Morgan fingerprint density at radius 1 is 0.963 bits per heavy atom. The first kappa shape index (κ1) is 17.8. The van der Waals surface area contributed by atoms with Gasteiger partial charge >= 0.3 is 5.95 Å². The number of rotatable bonds is 7. The molecule has 2 heterocycles. The molecule has 142 valence electrons. The molecule has 0 aliphatic carbocycles. The van der Waals surface area contributed by atoms with Gasteiger partial charge in [0.05, 0.1) is 19.8 Å². The summed E-state index contributed by atoms with van der Waals surface area (Å²) in [5.74, 6) is 1.66. The van der Waals surface area contributed by atoms with Gasteiger partial charge in [0.25, 0.3) is 0 Å². The van der Waals surface area contributed by atoms with Gasteiger partial charge in [-0.2, -0.15) is 0 Å². The molecule has 1 aliphatic heterocycles. The normalized spacial score (nSPS) is 15.3. The standard InChI is InChI=1S/C21H26N4O2/c22-21-24(11-10-23-12-15-26-16-13-23)19-8-4-5-9-20(19)25(21)14-17-27-18-6-2-1-3-7-18/h1-9,22H,10-17H2/p+1. The lowest BCUT2D eigenvalue weighted by atomic mass is 10.3. The summed E-state index contributed by atoms with van der Waals surface area (Å²) in [5, 5.41) is 0. The third kappa shape index (κ3) is 4.07. The van der Waals surface area contributed by atoms with E-state index in [1.54, 1.807) is 0 Å². The van der Waals surface area contributed by atoms with E-state index in [1.165, 1.54) is 5.52 Å². The molecule has 0 saturated carbocycles. The second-order valence-electron chi connectivity index (χ2n) is 6.77. The highest BCUT2D eigenvalue weighted by atomic mass is 16.5. The van der Waals surface area contributed by atoms with Gasteiger partial charge in [-0.1, -0.05) is 30.3 Å². The average molecular weight is 367 g/mol. The van der Waals surface area contributed by atoms with Gasteiger partial charge < -0.3 is 9.47 Å². The van der Waals surface area contributed by atoms with Crippen LogP contribution >= 0.6 is 0 Å². The van der Waals surface area contributed by atoms with Gasteiger partial charge in [-0.15, -0.1) is 0 Å². The Morgan fingerprint density at radius 3 is 2.52 bits per heavy atom. The molecule has 0 spiro atoms. The molecule has 0 bridgehead atoms. The number of morpholine rings is 1. The first-order chi connectivity index (χ1) is 13.3. The highest BCUT2D eigenvalue weighted by Gasteiger charge is 2.21. The molecule has 1 aromatic heterocycles. The van der Waals surface area contributed by atoms with Crippen LogP contribution in [-0.2, 0) is 17.8 Å². The van der Waals surface area contributed by atoms with Crippen LogP contribution in [0.2, 0.25) is 0 Å². The van der Waals surface area contributed by atoms with Crippen molar-refractivity contribution in [3.63, 3.8) is 0 Å². The van der Waals surface area contributed by atoms with Crippen LogP contribution in [0, 0.1) is 0 Å². The Morgan fingerprint density at radius 2 is 1.70 bits per heavy atom. The molecule has 0 atom stereocenters. The monoisotopic (exact) mass is 367 g/mol. The predicted octanol–water partition coefficient (Wildman–Crippen LogP) is 1.92. The molecule has 4 rings (SSSR count). The number of benzene rings is 2. The van der Waals surface area contributed by atoms with Crippen molar-refractivity contribution >= 4 is 17.0 Å². The van der Waals surface area contributed by atoms with Crippen LogP contribution in [0.15, 0.2) is 54.6 Å². The summed E-state index contributed by atoms with van der Waals surface area (Å²) in [7, 11) is 0. The summed E-state index contributed by atoms with van der Waals surface area (Å²) in [6.45, 7) is 6.76. The minimum absolute atomic E-state index is 0.580. The Labute approximate surface area is 159 Å². The zero-order valence-corrected chi connectivity index (χ0v) is 15.6. The zero-order chi connectivity index (χ0) is 18.5. The van der Waals surface area contributed by atoms with Crippen LogP contribution < -0.4 is 15.0 Å². The number of fused-ring (bicyclic) bond motifs is 1. The van der Waals surface area contributed by atoms with E-state index in [4.69, 9.17) is 15.2 Å². The predicted molar refractivity (Wildman–Crippen MR) is 106 cm³/mol. The minimum Gasteiger partial charge on any atom is -0.490 e. The van der Waals surface area contributed by atoms with Gasteiger partial charge in [0.1, 0.15) is 29.9 Å². The van der Waals surface area contributed by atoms with E-state index in [0.717, 1.165) is 56.6 Å². The number of imidazole rings is 1. The van der Waals surface area contributed by atoms with Crippen LogP contribution in [0.1, 0.15) is 0 Å². The summed E-state index contributed by atoms with van der Waals surface area (Å²) < 4.78 is 15.7. The molecule has 1 aliphatic rings. The lowest BCUT2D eigenvalue weighted by molar-refractivity contribution is -0.657. The number of anilines is 1. The topological polar surface area (TPSA) is 56.5 Å². The van der Waals surface area contributed by atoms with Crippen molar-refractivity contribution in [3.8, 4) is 5.75 Å². The number of ether oxygens (including phenoxy) is 2. The number of hydrogen-bond donors (Lipinski definition) is 1. The Hall–Kier alpha value is -2.57. The van der Waals surface area contributed by atoms with E-state index < -0.39 is 0 Å². The Balaban J connectivity index is 1.49. The Kier molecular flexibility index (Phi) is 5.55. The SMILES string of the molecule is Nc1n(CCOc2ccccc2)c2ccccc2[n+]1CCN1CCOCC1. The molecule has 0 radical (unpaired) electrons. The summed E-state index contributed by atoms with van der Waals surface area (Å²) >= 11 is 0. The van der Waals surface area contributed by atoms with Crippen LogP contribution in [0.3, 0.4) is 0 Å². The van der Waals surface area contributed by atoms with Crippen molar-refractivity contribution in [2.45, 2.75) is 13.1 Å². The minimum atomic E-state index is 0.580. The molecule has 0 unspecified atom stereocenters. The van der Waals surface area contributed by atoms with Crippen molar-refractivity contribution in [2.75, 3.05) is 45.2 Å². The van der Waals surface area contributed by atoms with E-state index in [2.05, 4.69) is 38.3 Å². The highest BCUT2D eigenvalue weighted by molar-refractivity contribution is 5.73. The number of aromatic nitrogens is 2. The maximum Gasteiger partial charge on any atom is 0.356 e. The number of nitrogen functional groups attached to an aromatic ring is 1. The molecule has 6 heteroatoms. The molecule has 2 N–H and O–H groups in total. The first-order valence-electron chi connectivity index (χ1n) is 9.57. The number of hydrogen-bond acceptors (Lipinski definition) is 4. The second kappa shape index (κ2) is 8.41. The summed E-state index contributed by atoms with van der Waals surface area (Å²) in [6, 6.07) is 18.3. The van der Waals surface area contributed by atoms with Crippen LogP contribution in [0.5, 0.6) is 5.75 Å². The molecule has 2 aromatic carbocycles. The highest BCUT2D eigenvalue weighted by Crippen LogP contribution is 2.16. The van der Waals surface area contributed by atoms with Crippen molar-refractivity contribution in [2.24, 2.45) is 0 Å². The average Bonchev–Trinajstić information content (AvgIpc) is 2.99. The maximum atomic E-state index is 6.54. The summed E-state index contributed by atoms with van der Waals surface area (Å²) in [4.78, 5) is 2.43. The number of nitrogens with two attached hydrogens (primary N) is 1. The van der Waals surface area contributed by atoms with Gasteiger partial charge in [0.15, 0.2) is 0 Å². The summed E-state index contributed by atoms with van der Waals surface area (Å²) in [6.07, 6.45) is 0. The molecular weight excluding hydrogens is 340 g/mol. The van der Waals surface area contributed by atoms with Crippen molar-refractivity contribution in [3.05, 3.63) is 54.6 Å². The fourth-order valence-corrected chi connectivity index (χ4v) is 3.62. The van der Waals surface area contributed by atoms with Crippen molar-refractivity contribution < 1.29 is 14.0 Å².